The highest BCUT2D eigenvalue weighted by atomic mass is 16.2. The molecule has 4 heteroatoms. The molecule has 0 fully saturated rings. The molecule has 1 heterocycles. The molecule has 106 valence electrons. The van der Waals surface area contributed by atoms with Crippen molar-refractivity contribution in [1.82, 2.24) is 9.88 Å². The van der Waals surface area contributed by atoms with Gasteiger partial charge in [-0.1, -0.05) is 31.5 Å². The highest BCUT2D eigenvalue weighted by Crippen LogP contribution is 2.17. The van der Waals surface area contributed by atoms with Crippen LogP contribution in [0, 0.1) is 0 Å². The number of carbonyl (C=O) groups is 1. The Morgan fingerprint density at radius 3 is 2.80 bits per heavy atom. The van der Waals surface area contributed by atoms with Crippen LogP contribution in [0.3, 0.4) is 0 Å². The van der Waals surface area contributed by atoms with Crippen LogP contribution in [0.25, 0.3) is 10.9 Å². The molecule has 0 saturated carbocycles. The summed E-state index contributed by atoms with van der Waals surface area (Å²) in [5.74, 6) is 0.0215. The minimum atomic E-state index is 0.0215. The molecular weight excluding hydrogens is 250 g/mol. The highest BCUT2D eigenvalue weighted by molar-refractivity contribution is 6.05. The van der Waals surface area contributed by atoms with Gasteiger partial charge in [-0.2, -0.15) is 0 Å². The Hall–Kier alpha value is -1.94. The fraction of sp³-hybridized carbons (Fsp3) is 0.375. The normalized spacial score (nSPS) is 10.7. The van der Waals surface area contributed by atoms with Crippen molar-refractivity contribution in [2.24, 2.45) is 5.73 Å². The van der Waals surface area contributed by atoms with Crippen molar-refractivity contribution < 1.29 is 4.79 Å². The first-order chi connectivity index (χ1) is 9.77. The summed E-state index contributed by atoms with van der Waals surface area (Å²) in [6.45, 7) is 3.93. The fourth-order valence-corrected chi connectivity index (χ4v) is 2.27. The Morgan fingerprint density at radius 1 is 1.25 bits per heavy atom. The zero-order valence-corrected chi connectivity index (χ0v) is 11.9. The fourth-order valence-electron chi connectivity index (χ4n) is 2.27. The molecule has 0 aliphatic heterocycles. The van der Waals surface area contributed by atoms with Gasteiger partial charge in [-0.3, -0.25) is 9.78 Å². The molecule has 1 aromatic heterocycles. The Kier molecular flexibility index (Phi) is 5.07. The first-order valence-electron chi connectivity index (χ1n) is 7.11. The van der Waals surface area contributed by atoms with E-state index in [2.05, 4.69) is 11.9 Å². The van der Waals surface area contributed by atoms with Gasteiger partial charge in [0.2, 0.25) is 0 Å². The number of hydrogen-bond donors (Lipinski definition) is 1. The highest BCUT2D eigenvalue weighted by Gasteiger charge is 2.17. The maximum atomic E-state index is 12.7. The summed E-state index contributed by atoms with van der Waals surface area (Å²) in [6.07, 6.45) is 3.77. The molecule has 2 N–H and O–H groups in total. The number of hydrogen-bond acceptors (Lipinski definition) is 3. The van der Waals surface area contributed by atoms with E-state index in [1.165, 1.54) is 0 Å². The number of para-hydroxylation sites is 1. The van der Waals surface area contributed by atoms with Crippen molar-refractivity contribution in [1.29, 1.82) is 0 Å². The molecule has 0 radical (unpaired) electrons. The second kappa shape index (κ2) is 7.01. The van der Waals surface area contributed by atoms with Crippen LogP contribution in [0.1, 0.15) is 30.1 Å². The Balaban J connectivity index is 2.33. The Morgan fingerprint density at radius 2 is 2.05 bits per heavy atom. The number of nitrogens with two attached hydrogens (primary N) is 1. The van der Waals surface area contributed by atoms with Crippen LogP contribution in [-0.2, 0) is 0 Å². The quantitative estimate of drug-likeness (QED) is 0.878. The van der Waals surface area contributed by atoms with Crippen molar-refractivity contribution in [3.05, 3.63) is 42.1 Å². The second-order valence-electron chi connectivity index (χ2n) is 4.82. The van der Waals surface area contributed by atoms with Crippen LogP contribution < -0.4 is 5.73 Å². The van der Waals surface area contributed by atoms with Gasteiger partial charge in [-0.15, -0.1) is 0 Å². The first-order valence-corrected chi connectivity index (χ1v) is 7.11. The average Bonchev–Trinajstić information content (AvgIpc) is 2.50. The molecule has 4 nitrogen and oxygen atoms in total. The lowest BCUT2D eigenvalue weighted by Crippen LogP contribution is -2.36. The number of carbonyl (C=O) groups excluding carboxylic acids is 1. The molecule has 0 aliphatic carbocycles. The minimum absolute atomic E-state index is 0.0215. The van der Waals surface area contributed by atoms with Gasteiger partial charge in [0.25, 0.3) is 5.91 Å². The molecule has 0 spiro atoms. The largest absolute Gasteiger partial charge is 0.337 e. The molecule has 0 atom stereocenters. The number of fused-ring (bicyclic) bond motifs is 1. The van der Waals surface area contributed by atoms with E-state index in [4.69, 9.17) is 5.73 Å². The molecule has 0 aliphatic rings. The summed E-state index contributed by atoms with van der Waals surface area (Å²) < 4.78 is 0. The Labute approximate surface area is 119 Å². The van der Waals surface area contributed by atoms with E-state index in [-0.39, 0.29) is 5.91 Å². The van der Waals surface area contributed by atoms with Crippen molar-refractivity contribution in [3.63, 3.8) is 0 Å². The Bertz CT molecular complexity index is 577. The van der Waals surface area contributed by atoms with Gasteiger partial charge < -0.3 is 10.6 Å². The van der Waals surface area contributed by atoms with Crippen LogP contribution in [0.2, 0.25) is 0 Å². The number of pyridine rings is 1. The van der Waals surface area contributed by atoms with Gasteiger partial charge >= 0.3 is 0 Å². The molecular formula is C16H21N3O. The van der Waals surface area contributed by atoms with E-state index >= 15 is 0 Å². The number of unbranched alkanes of at least 4 members (excludes halogenated alkanes) is 1. The molecule has 0 unspecified atom stereocenters. The molecule has 1 aromatic carbocycles. The standard InChI is InChI=1S/C16H21N3O/c1-2-3-11-19(12-9-17)16(20)14-8-4-6-13-7-5-10-18-15(13)14/h4-8,10H,2-3,9,11-12,17H2,1H3. The van der Waals surface area contributed by atoms with Crippen molar-refractivity contribution in [3.8, 4) is 0 Å². The van der Waals surface area contributed by atoms with E-state index in [1.807, 2.05) is 35.2 Å². The maximum absolute atomic E-state index is 12.7. The minimum Gasteiger partial charge on any atom is -0.337 e. The van der Waals surface area contributed by atoms with Gasteiger partial charge in [0.05, 0.1) is 11.1 Å². The topological polar surface area (TPSA) is 59.2 Å². The van der Waals surface area contributed by atoms with E-state index in [0.717, 1.165) is 30.3 Å². The smallest absolute Gasteiger partial charge is 0.256 e. The van der Waals surface area contributed by atoms with Gasteiger partial charge in [-0.25, -0.2) is 0 Å². The SMILES string of the molecule is CCCCN(CCN)C(=O)c1cccc2cccnc12. The summed E-state index contributed by atoms with van der Waals surface area (Å²) in [4.78, 5) is 18.9. The molecule has 20 heavy (non-hydrogen) atoms. The maximum Gasteiger partial charge on any atom is 0.256 e. The van der Waals surface area contributed by atoms with Gasteiger partial charge in [-0.05, 0) is 18.6 Å². The number of nitrogens with zero attached hydrogens (tertiary/aromatic N) is 2. The monoisotopic (exact) mass is 271 g/mol. The van der Waals surface area contributed by atoms with E-state index in [0.29, 0.717) is 18.7 Å². The summed E-state index contributed by atoms with van der Waals surface area (Å²) >= 11 is 0. The lowest BCUT2D eigenvalue weighted by molar-refractivity contribution is 0.0760. The summed E-state index contributed by atoms with van der Waals surface area (Å²) in [6, 6.07) is 9.56. The van der Waals surface area contributed by atoms with Gasteiger partial charge in [0.1, 0.15) is 0 Å². The summed E-state index contributed by atoms with van der Waals surface area (Å²) in [5, 5.41) is 0.988. The zero-order chi connectivity index (χ0) is 14.4. The third kappa shape index (κ3) is 3.14. The molecule has 2 aromatic rings. The summed E-state index contributed by atoms with van der Waals surface area (Å²) in [5.41, 5.74) is 7.04. The number of aromatic nitrogens is 1. The number of benzene rings is 1. The van der Waals surface area contributed by atoms with Gasteiger partial charge in [0, 0.05) is 31.2 Å². The lowest BCUT2D eigenvalue weighted by atomic mass is 10.1. The van der Waals surface area contributed by atoms with Gasteiger partial charge in [0.15, 0.2) is 0 Å². The number of rotatable bonds is 6. The van der Waals surface area contributed by atoms with E-state index in [9.17, 15) is 4.79 Å². The average molecular weight is 271 g/mol. The molecule has 2 rings (SSSR count). The van der Waals surface area contributed by atoms with Crippen LogP contribution in [0.4, 0.5) is 0 Å². The van der Waals surface area contributed by atoms with Crippen molar-refractivity contribution in [2.45, 2.75) is 19.8 Å². The van der Waals surface area contributed by atoms with E-state index in [1.54, 1.807) is 6.20 Å². The van der Waals surface area contributed by atoms with Crippen LogP contribution >= 0.6 is 0 Å². The third-order valence-corrected chi connectivity index (χ3v) is 3.33. The first kappa shape index (κ1) is 14.5. The van der Waals surface area contributed by atoms with Crippen molar-refractivity contribution >= 4 is 16.8 Å². The predicted molar refractivity (Wildman–Crippen MR) is 81.6 cm³/mol. The van der Waals surface area contributed by atoms with E-state index < -0.39 is 0 Å². The lowest BCUT2D eigenvalue weighted by Gasteiger charge is -2.22. The predicted octanol–water partition coefficient (Wildman–Crippen LogP) is 2.44. The van der Waals surface area contributed by atoms with Crippen LogP contribution in [0.5, 0.6) is 0 Å². The second-order valence-corrected chi connectivity index (χ2v) is 4.82. The van der Waals surface area contributed by atoms with Crippen LogP contribution in [-0.4, -0.2) is 35.4 Å². The molecule has 0 saturated heterocycles. The van der Waals surface area contributed by atoms with Crippen LogP contribution in [0.15, 0.2) is 36.5 Å². The molecule has 0 bridgehead atoms. The third-order valence-electron chi connectivity index (χ3n) is 3.33. The summed E-state index contributed by atoms with van der Waals surface area (Å²) in [7, 11) is 0. The van der Waals surface area contributed by atoms with Crippen molar-refractivity contribution in [2.75, 3.05) is 19.6 Å². The number of amides is 1. The zero-order valence-electron chi connectivity index (χ0n) is 11.9. The molecule has 1 amide bonds.